The van der Waals surface area contributed by atoms with Crippen LogP contribution in [-0.4, -0.2) is 33.3 Å². The van der Waals surface area contributed by atoms with Gasteiger partial charge in [-0.15, -0.1) is 0 Å². The highest BCUT2D eigenvalue weighted by molar-refractivity contribution is 5.88. The first-order valence-electron chi connectivity index (χ1n) is 10.9. The number of pyridine rings is 1. The van der Waals surface area contributed by atoms with Gasteiger partial charge in [-0.25, -0.2) is 4.39 Å². The van der Waals surface area contributed by atoms with Crippen LogP contribution < -0.4 is 5.56 Å². The Hall–Kier alpha value is -2.80. The lowest BCUT2D eigenvalue weighted by Gasteiger charge is -2.28. The summed E-state index contributed by atoms with van der Waals surface area (Å²) in [4.78, 5) is 13.6. The lowest BCUT2D eigenvalue weighted by atomic mass is 9.93. The first-order valence-corrected chi connectivity index (χ1v) is 10.9. The number of aromatic nitrogens is 1. The minimum Gasteiger partial charge on any atom is -0.393 e. The molecule has 0 amide bonds. The molecule has 1 aliphatic rings. The van der Waals surface area contributed by atoms with Crippen molar-refractivity contribution in [3.8, 4) is 5.69 Å². The molecule has 0 bridgehead atoms. The Morgan fingerprint density at radius 3 is 2.50 bits per heavy atom. The number of nitrogens with zero attached hydrogens (tertiary/aromatic N) is 1. The minimum atomic E-state index is -1.03. The van der Waals surface area contributed by atoms with Crippen LogP contribution in [0.25, 0.3) is 22.5 Å². The van der Waals surface area contributed by atoms with Crippen molar-refractivity contribution in [3.05, 3.63) is 81.5 Å². The van der Waals surface area contributed by atoms with Crippen molar-refractivity contribution < 1.29 is 19.3 Å². The number of halogens is 1. The normalized spacial score (nSPS) is 21.7. The Labute approximate surface area is 186 Å². The number of aliphatic hydroxyl groups is 2. The summed E-state index contributed by atoms with van der Waals surface area (Å²) in [5.41, 5.74) is 2.49. The molecule has 2 heterocycles. The SMILES string of the molecule is Cc1cc(-n2c(/C=C/[C@@H]3C[C@@H](O)CC(O)O3)c(C(C)C)c3ccccc3c2=O)ccc1F. The molecule has 2 aromatic carbocycles. The van der Waals surface area contributed by atoms with E-state index < -0.39 is 18.5 Å². The maximum Gasteiger partial charge on any atom is 0.263 e. The summed E-state index contributed by atoms with van der Waals surface area (Å²) in [5, 5.41) is 21.3. The predicted molar refractivity (Wildman–Crippen MR) is 123 cm³/mol. The van der Waals surface area contributed by atoms with E-state index in [9.17, 15) is 19.4 Å². The Bertz CT molecular complexity index is 1220. The van der Waals surface area contributed by atoms with Crippen LogP contribution in [0, 0.1) is 12.7 Å². The van der Waals surface area contributed by atoms with Crippen molar-refractivity contribution >= 4 is 16.8 Å². The van der Waals surface area contributed by atoms with Gasteiger partial charge in [0.2, 0.25) is 0 Å². The van der Waals surface area contributed by atoms with Crippen molar-refractivity contribution in [3.63, 3.8) is 0 Å². The molecular formula is C26H28FNO4. The summed E-state index contributed by atoms with van der Waals surface area (Å²) in [7, 11) is 0. The Kier molecular flexibility index (Phi) is 6.29. The van der Waals surface area contributed by atoms with Gasteiger partial charge in [-0.3, -0.25) is 9.36 Å². The van der Waals surface area contributed by atoms with Gasteiger partial charge in [-0.2, -0.15) is 0 Å². The zero-order valence-corrected chi connectivity index (χ0v) is 18.5. The number of rotatable bonds is 4. The number of hydrogen-bond donors (Lipinski definition) is 2. The van der Waals surface area contributed by atoms with E-state index in [0.29, 0.717) is 28.8 Å². The van der Waals surface area contributed by atoms with E-state index >= 15 is 0 Å². The summed E-state index contributed by atoms with van der Waals surface area (Å²) >= 11 is 0. The fourth-order valence-corrected chi connectivity index (χ4v) is 4.42. The van der Waals surface area contributed by atoms with Crippen molar-refractivity contribution in [2.75, 3.05) is 0 Å². The second-order valence-electron chi connectivity index (χ2n) is 8.69. The molecule has 1 fully saturated rings. The van der Waals surface area contributed by atoms with Crippen LogP contribution in [0.3, 0.4) is 0 Å². The largest absolute Gasteiger partial charge is 0.393 e. The van der Waals surface area contributed by atoms with Gasteiger partial charge in [0.05, 0.1) is 17.9 Å². The molecule has 6 heteroatoms. The molecule has 168 valence electrons. The number of aryl methyl sites for hydroxylation is 1. The van der Waals surface area contributed by atoms with Gasteiger partial charge >= 0.3 is 0 Å². The van der Waals surface area contributed by atoms with Crippen LogP contribution in [0.2, 0.25) is 0 Å². The van der Waals surface area contributed by atoms with Crippen molar-refractivity contribution in [1.29, 1.82) is 0 Å². The first kappa shape index (κ1) is 22.4. The van der Waals surface area contributed by atoms with Crippen LogP contribution in [0.5, 0.6) is 0 Å². The number of aliphatic hydroxyl groups excluding tert-OH is 2. The Morgan fingerprint density at radius 2 is 1.84 bits per heavy atom. The van der Waals surface area contributed by atoms with E-state index in [2.05, 4.69) is 13.8 Å². The van der Waals surface area contributed by atoms with Gasteiger partial charge in [0.15, 0.2) is 6.29 Å². The van der Waals surface area contributed by atoms with Gasteiger partial charge in [0, 0.05) is 23.9 Å². The maximum atomic E-state index is 14.0. The summed E-state index contributed by atoms with van der Waals surface area (Å²) in [5.74, 6) is -0.237. The predicted octanol–water partition coefficient (Wildman–Crippen LogP) is 4.43. The highest BCUT2D eigenvalue weighted by Gasteiger charge is 2.26. The lowest BCUT2D eigenvalue weighted by Crippen LogP contribution is -2.34. The summed E-state index contributed by atoms with van der Waals surface area (Å²) in [6.45, 7) is 5.80. The molecule has 3 atom stereocenters. The van der Waals surface area contributed by atoms with E-state index in [1.54, 1.807) is 35.8 Å². The molecule has 32 heavy (non-hydrogen) atoms. The van der Waals surface area contributed by atoms with Gasteiger partial charge in [0.1, 0.15) is 5.82 Å². The Balaban J connectivity index is 1.98. The van der Waals surface area contributed by atoms with E-state index in [1.165, 1.54) is 6.07 Å². The first-order chi connectivity index (χ1) is 15.3. The molecular weight excluding hydrogens is 409 g/mol. The van der Waals surface area contributed by atoms with Crippen molar-refractivity contribution in [2.45, 2.75) is 58.0 Å². The summed E-state index contributed by atoms with van der Waals surface area (Å²) < 4.78 is 21.1. The van der Waals surface area contributed by atoms with Crippen LogP contribution in [0.15, 0.2) is 53.3 Å². The lowest BCUT2D eigenvalue weighted by molar-refractivity contribution is -0.175. The zero-order chi connectivity index (χ0) is 23.0. The third-order valence-corrected chi connectivity index (χ3v) is 5.92. The maximum absolute atomic E-state index is 14.0. The topological polar surface area (TPSA) is 71.7 Å². The van der Waals surface area contributed by atoms with Crippen LogP contribution >= 0.6 is 0 Å². The van der Waals surface area contributed by atoms with Gasteiger partial charge in [-0.05, 0) is 59.7 Å². The van der Waals surface area contributed by atoms with Crippen molar-refractivity contribution in [1.82, 2.24) is 4.57 Å². The third-order valence-electron chi connectivity index (χ3n) is 5.92. The highest BCUT2D eigenvalue weighted by atomic mass is 19.1. The Morgan fingerprint density at radius 1 is 1.12 bits per heavy atom. The van der Waals surface area contributed by atoms with E-state index in [4.69, 9.17) is 4.74 Å². The molecule has 1 saturated heterocycles. The third kappa shape index (κ3) is 4.26. The second kappa shape index (κ2) is 8.98. The van der Waals surface area contributed by atoms with E-state index in [1.807, 2.05) is 24.3 Å². The van der Waals surface area contributed by atoms with Crippen LogP contribution in [0.4, 0.5) is 4.39 Å². The molecule has 0 radical (unpaired) electrons. The van der Waals surface area contributed by atoms with Gasteiger partial charge in [0.25, 0.3) is 5.56 Å². The highest BCUT2D eigenvalue weighted by Crippen LogP contribution is 2.31. The van der Waals surface area contributed by atoms with E-state index in [0.717, 1.165) is 10.9 Å². The van der Waals surface area contributed by atoms with Gasteiger partial charge in [-0.1, -0.05) is 38.1 Å². The molecule has 0 aliphatic carbocycles. The zero-order valence-electron chi connectivity index (χ0n) is 18.5. The number of fused-ring (bicyclic) bond motifs is 1. The molecule has 1 unspecified atom stereocenters. The van der Waals surface area contributed by atoms with Crippen LogP contribution in [0.1, 0.15) is 49.4 Å². The minimum absolute atomic E-state index is 0.0939. The molecule has 1 aromatic heterocycles. The number of hydrogen-bond acceptors (Lipinski definition) is 4. The molecule has 5 nitrogen and oxygen atoms in total. The van der Waals surface area contributed by atoms with Crippen LogP contribution in [-0.2, 0) is 4.74 Å². The summed E-state index contributed by atoms with van der Waals surface area (Å²) in [6, 6.07) is 12.1. The average Bonchev–Trinajstić information content (AvgIpc) is 2.73. The molecule has 4 rings (SSSR count). The van der Waals surface area contributed by atoms with Crippen molar-refractivity contribution in [2.24, 2.45) is 0 Å². The quantitative estimate of drug-likeness (QED) is 0.633. The molecule has 0 saturated carbocycles. The molecule has 2 N–H and O–H groups in total. The molecule has 1 aliphatic heterocycles. The molecule has 0 spiro atoms. The molecule has 3 aromatic rings. The fraction of sp³-hybridized carbons (Fsp3) is 0.346. The summed E-state index contributed by atoms with van der Waals surface area (Å²) in [6.07, 6.45) is 1.95. The van der Waals surface area contributed by atoms with Gasteiger partial charge < -0.3 is 14.9 Å². The average molecular weight is 438 g/mol. The number of ether oxygens (including phenoxy) is 1. The number of benzene rings is 2. The monoisotopic (exact) mass is 437 g/mol. The van der Waals surface area contributed by atoms with E-state index in [-0.39, 0.29) is 23.7 Å². The second-order valence-corrected chi connectivity index (χ2v) is 8.69. The smallest absolute Gasteiger partial charge is 0.263 e. The fourth-order valence-electron chi connectivity index (χ4n) is 4.42. The standard InChI is InChI=1S/C26H28FNO4/c1-15(2)25-20-6-4-5-7-21(20)26(31)28(17-8-10-22(27)16(3)12-17)23(25)11-9-19-13-18(29)14-24(30)32-19/h4-12,15,18-19,24,29-30H,13-14H2,1-3H3/b11-9+/t18-,19-,24?/m1/s1.